The molecule has 110 valence electrons. The second kappa shape index (κ2) is 6.50. The minimum absolute atomic E-state index is 0.0797. The van der Waals surface area contributed by atoms with Crippen molar-refractivity contribution >= 4 is 11.8 Å². The van der Waals surface area contributed by atoms with Crippen molar-refractivity contribution in [3.63, 3.8) is 0 Å². The average molecular weight is 298 g/mol. The number of nitriles is 1. The van der Waals surface area contributed by atoms with Crippen molar-refractivity contribution in [2.24, 2.45) is 0 Å². The molecule has 1 aromatic heterocycles. The fraction of sp³-hybridized carbons (Fsp3) is 0.125. The van der Waals surface area contributed by atoms with Crippen molar-refractivity contribution in [2.75, 3.05) is 0 Å². The Morgan fingerprint density at radius 1 is 1.36 bits per heavy atom. The number of benzene rings is 1. The smallest absolute Gasteiger partial charge is 0.303 e. The number of ketones is 1. The number of carboxylic acid groups (broad SMARTS) is 1. The molecular formula is C16H12N2O4. The Hall–Kier alpha value is -3.20. The van der Waals surface area contributed by atoms with Crippen molar-refractivity contribution < 1.29 is 22.5 Å². The van der Waals surface area contributed by atoms with Crippen LogP contribution in [0.15, 0.2) is 36.5 Å². The average Bonchev–Trinajstić information content (AvgIpc) is 2.53. The van der Waals surface area contributed by atoms with E-state index in [-0.39, 0.29) is 41.7 Å². The van der Waals surface area contributed by atoms with Crippen LogP contribution in [0.2, 0.25) is 0 Å². The number of hydrogen-bond acceptors (Lipinski definition) is 5. The van der Waals surface area contributed by atoms with Crippen LogP contribution in [-0.2, 0) is 4.79 Å². The van der Waals surface area contributed by atoms with E-state index in [1.165, 1.54) is 24.4 Å². The summed E-state index contributed by atoms with van der Waals surface area (Å²) < 4.78 is 15.5. The zero-order valence-corrected chi connectivity index (χ0v) is 11.3. The number of hydrogen-bond donors (Lipinski definition) is 2. The Morgan fingerprint density at radius 3 is 2.77 bits per heavy atom. The molecule has 2 rings (SSSR count). The number of carboxylic acids is 1. The molecule has 0 aliphatic carbocycles. The Morgan fingerprint density at radius 2 is 2.14 bits per heavy atom. The minimum Gasteiger partial charge on any atom is -0.506 e. The van der Waals surface area contributed by atoms with E-state index in [9.17, 15) is 14.7 Å². The van der Waals surface area contributed by atoms with Gasteiger partial charge in [-0.15, -0.1) is 0 Å². The second-order valence-electron chi connectivity index (χ2n) is 4.41. The van der Waals surface area contributed by atoms with Crippen LogP contribution in [0.1, 0.15) is 31.6 Å². The number of Topliss-reactive ketones (excluding diaryl/α,β-unsaturated/α-hetero) is 1. The topological polar surface area (TPSA) is 111 Å². The summed E-state index contributed by atoms with van der Waals surface area (Å²) in [5, 5.41) is 27.5. The van der Waals surface area contributed by atoms with Crippen LogP contribution >= 0.6 is 0 Å². The Balaban J connectivity index is 2.39. The molecule has 0 aliphatic heterocycles. The molecule has 0 saturated carbocycles. The lowest BCUT2D eigenvalue weighted by molar-refractivity contribution is -0.136. The molecule has 2 N–H and O–H groups in total. The normalized spacial score (nSPS) is 11.2. The van der Waals surface area contributed by atoms with Crippen molar-refractivity contribution in [1.82, 2.24) is 4.98 Å². The first-order valence-corrected chi connectivity index (χ1v) is 6.29. The molecule has 0 fully saturated rings. The van der Waals surface area contributed by atoms with Crippen LogP contribution in [0.5, 0.6) is 5.75 Å². The van der Waals surface area contributed by atoms with E-state index in [4.69, 9.17) is 13.1 Å². The summed E-state index contributed by atoms with van der Waals surface area (Å²) >= 11 is 0. The molecule has 6 nitrogen and oxygen atoms in total. The summed E-state index contributed by atoms with van der Waals surface area (Å²) in [5.41, 5.74) is 0.247. The number of aliphatic carboxylic acids is 1. The van der Waals surface area contributed by atoms with E-state index in [1.54, 1.807) is 6.07 Å². The van der Waals surface area contributed by atoms with Crippen LogP contribution < -0.4 is 0 Å². The van der Waals surface area contributed by atoms with Crippen LogP contribution in [0.25, 0.3) is 11.1 Å². The van der Waals surface area contributed by atoms with Crippen LogP contribution in [-0.4, -0.2) is 26.9 Å². The highest BCUT2D eigenvalue weighted by atomic mass is 16.4. The number of aromatic hydroxyl groups is 1. The van der Waals surface area contributed by atoms with E-state index in [0.717, 1.165) is 0 Å². The summed E-state index contributed by atoms with van der Waals surface area (Å²) in [4.78, 5) is 26.2. The van der Waals surface area contributed by atoms with Gasteiger partial charge in [-0.05, 0) is 23.7 Å². The predicted octanol–water partition coefficient (Wildman–Crippen LogP) is 2.37. The molecule has 0 radical (unpaired) electrons. The number of pyridine rings is 1. The molecule has 0 saturated heterocycles. The molecular weight excluding hydrogens is 284 g/mol. The quantitative estimate of drug-likeness (QED) is 0.820. The lowest BCUT2D eigenvalue weighted by atomic mass is 10.0. The first-order valence-electron chi connectivity index (χ1n) is 7.29. The Bertz CT molecular complexity index is 875. The van der Waals surface area contributed by atoms with Gasteiger partial charge in [-0.2, -0.15) is 5.26 Å². The molecule has 0 bridgehead atoms. The van der Waals surface area contributed by atoms with Crippen molar-refractivity contribution in [3.8, 4) is 22.9 Å². The first-order chi connectivity index (χ1) is 11.3. The zero-order chi connectivity index (χ0) is 17.9. The molecule has 0 unspecified atom stereocenters. The van der Waals surface area contributed by atoms with E-state index in [2.05, 4.69) is 4.98 Å². The maximum atomic E-state index is 11.8. The highest BCUT2D eigenvalue weighted by Crippen LogP contribution is 2.26. The molecule has 2 aromatic rings. The van der Waals surface area contributed by atoms with Gasteiger partial charge in [0.15, 0.2) is 5.78 Å². The third-order valence-electron chi connectivity index (χ3n) is 2.86. The lowest BCUT2D eigenvalue weighted by Crippen LogP contribution is -2.06. The number of nitrogens with zero attached hydrogens (tertiary/aromatic N) is 2. The van der Waals surface area contributed by atoms with Gasteiger partial charge in [0.2, 0.25) is 0 Å². The molecule has 6 heteroatoms. The molecule has 0 amide bonds. The van der Waals surface area contributed by atoms with Gasteiger partial charge in [0.05, 0.1) is 20.8 Å². The SMILES string of the molecule is [2H]c1ccc(-c2cnc(C(=O)CCC(=O)O)c(O)c2)c([2H])c1C#N. The van der Waals surface area contributed by atoms with E-state index in [1.807, 2.05) is 0 Å². The van der Waals surface area contributed by atoms with Gasteiger partial charge in [-0.3, -0.25) is 9.59 Å². The fourth-order valence-electron chi connectivity index (χ4n) is 1.80. The van der Waals surface area contributed by atoms with E-state index >= 15 is 0 Å². The number of rotatable bonds is 5. The lowest BCUT2D eigenvalue weighted by Gasteiger charge is -2.06. The summed E-state index contributed by atoms with van der Waals surface area (Å²) in [6.45, 7) is 0. The molecule has 22 heavy (non-hydrogen) atoms. The third-order valence-corrected chi connectivity index (χ3v) is 2.86. The molecule has 1 aromatic carbocycles. The molecule has 0 spiro atoms. The van der Waals surface area contributed by atoms with Gasteiger partial charge in [0.25, 0.3) is 0 Å². The maximum absolute atomic E-state index is 11.8. The van der Waals surface area contributed by atoms with Gasteiger partial charge < -0.3 is 10.2 Å². The number of aromatic nitrogens is 1. The van der Waals surface area contributed by atoms with Gasteiger partial charge in [0.1, 0.15) is 11.4 Å². The Labute approximate surface area is 129 Å². The van der Waals surface area contributed by atoms with Gasteiger partial charge >= 0.3 is 5.97 Å². The standard InChI is InChI=1S/C16H12N2O4/c17-8-10-2-1-3-11(6-10)12-7-14(20)16(18-9-12)13(19)4-5-15(21)22/h1-3,6-7,9,20H,4-5H2,(H,21,22)/i2D,6D. The summed E-state index contributed by atoms with van der Waals surface area (Å²) in [5.74, 6) is -2.17. The zero-order valence-electron chi connectivity index (χ0n) is 13.3. The molecule has 0 aliphatic rings. The van der Waals surface area contributed by atoms with E-state index < -0.39 is 17.5 Å². The van der Waals surface area contributed by atoms with Crippen molar-refractivity contribution in [2.45, 2.75) is 12.8 Å². The van der Waals surface area contributed by atoms with Gasteiger partial charge in [-0.1, -0.05) is 12.1 Å². The highest BCUT2D eigenvalue weighted by molar-refractivity contribution is 5.98. The van der Waals surface area contributed by atoms with Crippen LogP contribution in [0, 0.1) is 11.3 Å². The van der Waals surface area contributed by atoms with Gasteiger partial charge in [-0.25, -0.2) is 4.98 Å². The third kappa shape index (κ3) is 3.46. The number of carbonyl (C=O) groups is 2. The molecule has 1 heterocycles. The van der Waals surface area contributed by atoms with E-state index in [0.29, 0.717) is 5.56 Å². The minimum atomic E-state index is -1.13. The first kappa shape index (κ1) is 12.5. The van der Waals surface area contributed by atoms with Crippen LogP contribution in [0.4, 0.5) is 0 Å². The van der Waals surface area contributed by atoms with Crippen LogP contribution in [0.3, 0.4) is 0 Å². The molecule has 0 atom stereocenters. The highest BCUT2D eigenvalue weighted by Gasteiger charge is 2.15. The van der Waals surface area contributed by atoms with Crippen molar-refractivity contribution in [1.29, 1.82) is 5.26 Å². The van der Waals surface area contributed by atoms with Crippen molar-refractivity contribution in [3.05, 3.63) is 47.7 Å². The number of carbonyl (C=O) groups excluding carboxylic acids is 1. The monoisotopic (exact) mass is 298 g/mol. The summed E-state index contributed by atoms with van der Waals surface area (Å²) in [6.07, 6.45) is 0.603. The second-order valence-corrected chi connectivity index (χ2v) is 4.41. The Kier molecular flexibility index (Phi) is 3.70. The maximum Gasteiger partial charge on any atom is 0.303 e. The predicted molar refractivity (Wildman–Crippen MR) is 77.3 cm³/mol. The largest absolute Gasteiger partial charge is 0.506 e. The van der Waals surface area contributed by atoms with Gasteiger partial charge in [0, 0.05) is 18.2 Å². The fourth-order valence-corrected chi connectivity index (χ4v) is 1.80. The summed E-state index contributed by atoms with van der Waals surface area (Å²) in [7, 11) is 0. The summed E-state index contributed by atoms with van der Waals surface area (Å²) in [6, 6.07) is 5.56.